The summed E-state index contributed by atoms with van der Waals surface area (Å²) in [4.78, 5) is 13.5. The fourth-order valence-electron chi connectivity index (χ4n) is 1.92. The van der Waals surface area contributed by atoms with Crippen molar-refractivity contribution in [3.05, 3.63) is 0 Å². The second kappa shape index (κ2) is 6.80. The van der Waals surface area contributed by atoms with Crippen molar-refractivity contribution >= 4 is 5.91 Å². The normalized spacial score (nSPS) is 17.7. The van der Waals surface area contributed by atoms with Gasteiger partial charge in [0.2, 0.25) is 5.91 Å². The molecule has 15 heavy (non-hydrogen) atoms. The van der Waals surface area contributed by atoms with Gasteiger partial charge in [0.25, 0.3) is 0 Å². The number of carbonyl (C=O) groups excluding carboxylic acids is 1. The summed E-state index contributed by atoms with van der Waals surface area (Å²) >= 11 is 0. The summed E-state index contributed by atoms with van der Waals surface area (Å²) in [6, 6.07) is 0. The summed E-state index contributed by atoms with van der Waals surface area (Å²) in [7, 11) is 0. The molecule has 1 heterocycles. The van der Waals surface area contributed by atoms with E-state index in [0.717, 1.165) is 26.2 Å². The Labute approximate surface area is 92.6 Å². The first-order valence-corrected chi connectivity index (χ1v) is 6.04. The molecule has 4 heteroatoms. The highest BCUT2D eigenvalue weighted by Gasteiger charge is 2.13. The number of hydrogen-bond donors (Lipinski definition) is 1. The van der Waals surface area contributed by atoms with Crippen LogP contribution in [0.2, 0.25) is 0 Å². The summed E-state index contributed by atoms with van der Waals surface area (Å²) < 4.78 is 0. The van der Waals surface area contributed by atoms with Crippen LogP contribution >= 0.6 is 0 Å². The highest BCUT2D eigenvalue weighted by molar-refractivity contribution is 5.78. The Hall–Kier alpha value is -0.610. The molecule has 0 unspecified atom stereocenters. The Kier molecular flexibility index (Phi) is 5.65. The van der Waals surface area contributed by atoms with E-state index in [9.17, 15) is 4.79 Å². The summed E-state index contributed by atoms with van der Waals surface area (Å²) in [6.45, 7) is 8.23. The smallest absolute Gasteiger partial charge is 0.237 e. The molecule has 0 radical (unpaired) electrons. The molecule has 0 aromatic carbocycles. The minimum absolute atomic E-state index is 0.200. The molecular weight excluding hydrogens is 190 g/mol. The molecule has 1 rings (SSSR count). The number of piperidine rings is 1. The van der Waals surface area contributed by atoms with Crippen LogP contribution < -0.4 is 5.43 Å². The van der Waals surface area contributed by atoms with Gasteiger partial charge >= 0.3 is 0 Å². The van der Waals surface area contributed by atoms with E-state index >= 15 is 0 Å². The van der Waals surface area contributed by atoms with Gasteiger partial charge in [0, 0.05) is 26.2 Å². The third-order valence-corrected chi connectivity index (χ3v) is 2.93. The lowest BCUT2D eigenvalue weighted by molar-refractivity contribution is -0.130. The number of hydrazine groups is 1. The summed E-state index contributed by atoms with van der Waals surface area (Å²) in [5.41, 5.74) is 3.21. The van der Waals surface area contributed by atoms with Gasteiger partial charge in [-0.25, -0.2) is 10.4 Å². The van der Waals surface area contributed by atoms with Crippen molar-refractivity contribution in [1.29, 1.82) is 0 Å². The molecule has 0 aromatic heterocycles. The Bertz CT molecular complexity index is 186. The predicted molar refractivity (Wildman–Crippen MR) is 61.4 cm³/mol. The van der Waals surface area contributed by atoms with Crippen molar-refractivity contribution in [2.75, 3.05) is 32.7 Å². The number of nitrogens with one attached hydrogen (secondary N) is 1. The van der Waals surface area contributed by atoms with E-state index in [-0.39, 0.29) is 5.91 Å². The van der Waals surface area contributed by atoms with Gasteiger partial charge in [-0.1, -0.05) is 6.42 Å². The van der Waals surface area contributed by atoms with E-state index in [2.05, 4.69) is 10.4 Å². The number of nitrogens with zero attached hydrogens (tertiary/aromatic N) is 2. The standard InChI is InChI=1S/C11H23N3O/c1-3-13(4-2)11(15)10-12-14-8-6-5-7-9-14/h12H,3-10H2,1-2H3. The van der Waals surface area contributed by atoms with Crippen LogP contribution in [-0.4, -0.2) is 48.5 Å². The molecule has 1 amide bonds. The Morgan fingerprint density at radius 3 is 2.33 bits per heavy atom. The highest BCUT2D eigenvalue weighted by Crippen LogP contribution is 2.05. The minimum atomic E-state index is 0.200. The molecule has 0 atom stereocenters. The number of likely N-dealkylation sites (N-methyl/N-ethyl adjacent to an activating group) is 1. The van der Waals surface area contributed by atoms with Crippen molar-refractivity contribution in [2.24, 2.45) is 0 Å². The zero-order valence-corrected chi connectivity index (χ0v) is 9.96. The van der Waals surface area contributed by atoms with Crippen LogP contribution in [0, 0.1) is 0 Å². The minimum Gasteiger partial charge on any atom is -0.342 e. The average Bonchev–Trinajstić information content (AvgIpc) is 2.29. The van der Waals surface area contributed by atoms with Gasteiger partial charge in [0.05, 0.1) is 6.54 Å². The molecule has 0 aromatic rings. The second-order valence-corrected chi connectivity index (χ2v) is 3.95. The average molecular weight is 213 g/mol. The fraction of sp³-hybridized carbons (Fsp3) is 0.909. The molecule has 88 valence electrons. The van der Waals surface area contributed by atoms with Gasteiger partial charge in [-0.15, -0.1) is 0 Å². The van der Waals surface area contributed by atoms with Crippen LogP contribution in [0.1, 0.15) is 33.1 Å². The van der Waals surface area contributed by atoms with Gasteiger partial charge in [0.1, 0.15) is 0 Å². The van der Waals surface area contributed by atoms with Crippen molar-refractivity contribution in [3.8, 4) is 0 Å². The molecule has 1 fully saturated rings. The van der Waals surface area contributed by atoms with Gasteiger partial charge in [-0.05, 0) is 26.7 Å². The van der Waals surface area contributed by atoms with Crippen molar-refractivity contribution in [2.45, 2.75) is 33.1 Å². The first kappa shape index (κ1) is 12.5. The quantitative estimate of drug-likeness (QED) is 0.735. The van der Waals surface area contributed by atoms with Crippen LogP contribution in [0.4, 0.5) is 0 Å². The molecule has 1 saturated heterocycles. The van der Waals surface area contributed by atoms with Gasteiger partial charge < -0.3 is 4.90 Å². The second-order valence-electron chi connectivity index (χ2n) is 3.95. The number of hydrogen-bond acceptors (Lipinski definition) is 3. The maximum absolute atomic E-state index is 11.7. The lowest BCUT2D eigenvalue weighted by atomic mass is 10.2. The van der Waals surface area contributed by atoms with Crippen LogP contribution in [0.5, 0.6) is 0 Å². The van der Waals surface area contributed by atoms with Crippen LogP contribution in [-0.2, 0) is 4.79 Å². The lowest BCUT2D eigenvalue weighted by Gasteiger charge is -2.28. The van der Waals surface area contributed by atoms with E-state index in [4.69, 9.17) is 0 Å². The molecular formula is C11H23N3O. The zero-order chi connectivity index (χ0) is 11.1. The van der Waals surface area contributed by atoms with Crippen LogP contribution in [0.25, 0.3) is 0 Å². The van der Waals surface area contributed by atoms with Gasteiger partial charge in [0.15, 0.2) is 0 Å². The fourth-order valence-corrected chi connectivity index (χ4v) is 1.92. The van der Waals surface area contributed by atoms with Crippen LogP contribution in [0.3, 0.4) is 0 Å². The topological polar surface area (TPSA) is 35.6 Å². The summed E-state index contributed by atoms with van der Waals surface area (Å²) in [5.74, 6) is 0.200. The molecule has 1 aliphatic rings. The molecule has 0 bridgehead atoms. The largest absolute Gasteiger partial charge is 0.342 e. The maximum atomic E-state index is 11.7. The SMILES string of the molecule is CCN(CC)C(=O)CNN1CCCCC1. The summed E-state index contributed by atoms with van der Waals surface area (Å²) in [5, 5.41) is 2.17. The number of amides is 1. The van der Waals surface area contributed by atoms with Crippen molar-refractivity contribution in [3.63, 3.8) is 0 Å². The molecule has 1 N–H and O–H groups in total. The van der Waals surface area contributed by atoms with E-state index in [1.54, 1.807) is 0 Å². The summed E-state index contributed by atoms with van der Waals surface area (Å²) in [6.07, 6.45) is 3.81. The molecule has 0 saturated carbocycles. The number of rotatable bonds is 5. The third kappa shape index (κ3) is 4.18. The Morgan fingerprint density at radius 2 is 1.80 bits per heavy atom. The maximum Gasteiger partial charge on any atom is 0.237 e. The number of carbonyl (C=O) groups is 1. The molecule has 0 spiro atoms. The Morgan fingerprint density at radius 1 is 1.20 bits per heavy atom. The van der Waals surface area contributed by atoms with Crippen LogP contribution in [0.15, 0.2) is 0 Å². The van der Waals surface area contributed by atoms with Gasteiger partial charge in [-0.2, -0.15) is 0 Å². The van der Waals surface area contributed by atoms with E-state index in [0.29, 0.717) is 6.54 Å². The first-order valence-electron chi connectivity index (χ1n) is 6.04. The molecule has 1 aliphatic heterocycles. The highest BCUT2D eigenvalue weighted by atomic mass is 16.2. The molecule has 4 nitrogen and oxygen atoms in total. The Balaban J connectivity index is 2.20. The zero-order valence-electron chi connectivity index (χ0n) is 9.96. The van der Waals surface area contributed by atoms with E-state index in [1.165, 1.54) is 19.3 Å². The van der Waals surface area contributed by atoms with E-state index < -0.39 is 0 Å². The van der Waals surface area contributed by atoms with Gasteiger partial charge in [-0.3, -0.25) is 4.79 Å². The third-order valence-electron chi connectivity index (χ3n) is 2.93. The van der Waals surface area contributed by atoms with E-state index in [1.807, 2.05) is 18.7 Å². The lowest BCUT2D eigenvalue weighted by Crippen LogP contribution is -2.47. The first-order chi connectivity index (χ1) is 7.27. The monoisotopic (exact) mass is 213 g/mol. The van der Waals surface area contributed by atoms with Crippen molar-refractivity contribution in [1.82, 2.24) is 15.3 Å². The predicted octanol–water partition coefficient (Wildman–Crippen LogP) is 0.845. The molecule has 0 aliphatic carbocycles. The van der Waals surface area contributed by atoms with Crippen molar-refractivity contribution < 1.29 is 4.79 Å².